The fourth-order valence-electron chi connectivity index (χ4n) is 3.73. The third-order valence-electron chi connectivity index (χ3n) is 5.22. The molecule has 2 fully saturated rings. The molecule has 0 aromatic heterocycles. The molecule has 0 N–H and O–H groups in total. The van der Waals surface area contributed by atoms with Crippen LogP contribution in [0.15, 0.2) is 52.4 Å². The second-order valence-electron chi connectivity index (χ2n) is 7.27. The summed E-state index contributed by atoms with van der Waals surface area (Å²) in [7, 11) is 0. The van der Waals surface area contributed by atoms with Gasteiger partial charge >= 0.3 is 0 Å². The van der Waals surface area contributed by atoms with Crippen LogP contribution < -0.4 is 4.90 Å². The number of hydrogen-bond donors (Lipinski definition) is 0. The lowest BCUT2D eigenvalue weighted by molar-refractivity contribution is -0.122. The number of aryl methyl sites for hydroxylation is 1. The normalized spacial score (nSPS) is 19.8. The Morgan fingerprint density at radius 1 is 1.14 bits per heavy atom. The second-order valence-corrected chi connectivity index (χ2v) is 8.28. The lowest BCUT2D eigenvalue weighted by Crippen LogP contribution is -2.28. The van der Waals surface area contributed by atoms with E-state index in [2.05, 4.69) is 35.0 Å². The Morgan fingerprint density at radius 3 is 2.52 bits per heavy atom. The molecule has 150 valence electrons. The number of aliphatic imine (C=N–C) groups is 1. The molecule has 6 heteroatoms. The molecule has 2 aromatic carbocycles. The van der Waals surface area contributed by atoms with Gasteiger partial charge in [0, 0.05) is 25.3 Å². The first kappa shape index (κ1) is 19.7. The van der Waals surface area contributed by atoms with Gasteiger partial charge in [0.05, 0.1) is 10.6 Å². The van der Waals surface area contributed by atoms with Crippen LogP contribution in [0.5, 0.6) is 0 Å². The number of carbonyl (C=O) groups is 1. The van der Waals surface area contributed by atoms with Crippen LogP contribution in [0.4, 0.5) is 15.8 Å². The summed E-state index contributed by atoms with van der Waals surface area (Å²) in [6.45, 7) is 6.82. The first-order valence-corrected chi connectivity index (χ1v) is 10.8. The van der Waals surface area contributed by atoms with E-state index in [1.165, 1.54) is 48.0 Å². The highest BCUT2D eigenvalue weighted by atomic mass is 32.2. The molecule has 0 saturated carbocycles. The summed E-state index contributed by atoms with van der Waals surface area (Å²) in [6.07, 6.45) is 4.43. The molecule has 4 nitrogen and oxygen atoms in total. The quantitative estimate of drug-likeness (QED) is 0.638. The van der Waals surface area contributed by atoms with E-state index < -0.39 is 0 Å². The largest absolute Gasteiger partial charge is 0.371 e. The summed E-state index contributed by atoms with van der Waals surface area (Å²) in [5.41, 5.74) is 4.15. The number of amidine groups is 1. The zero-order valence-electron chi connectivity index (χ0n) is 16.7. The van der Waals surface area contributed by atoms with Gasteiger partial charge in [-0.25, -0.2) is 9.38 Å². The van der Waals surface area contributed by atoms with Crippen LogP contribution >= 0.6 is 11.8 Å². The summed E-state index contributed by atoms with van der Waals surface area (Å²) in [4.78, 5) is 22.1. The van der Waals surface area contributed by atoms with Crippen LogP contribution in [0.25, 0.3) is 6.08 Å². The van der Waals surface area contributed by atoms with Gasteiger partial charge in [-0.1, -0.05) is 6.07 Å². The Morgan fingerprint density at radius 2 is 1.86 bits per heavy atom. The first-order chi connectivity index (χ1) is 14.0. The van der Waals surface area contributed by atoms with Gasteiger partial charge in [0.15, 0.2) is 5.17 Å². The molecule has 0 atom stereocenters. The predicted octanol–water partition coefficient (Wildman–Crippen LogP) is 5.36. The molecule has 0 spiro atoms. The maximum Gasteiger partial charge on any atom is 0.266 e. The van der Waals surface area contributed by atoms with E-state index in [-0.39, 0.29) is 11.7 Å². The fraction of sp³-hybridized carbons (Fsp3) is 0.304. The summed E-state index contributed by atoms with van der Waals surface area (Å²) in [5.74, 6) is -0.343. The number of nitrogens with zero attached hydrogens (tertiary/aromatic N) is 3. The lowest BCUT2D eigenvalue weighted by Gasteiger charge is -2.20. The number of thioether (sulfide) groups is 1. The predicted molar refractivity (Wildman–Crippen MR) is 119 cm³/mol. The molecule has 2 aliphatic rings. The number of carbonyl (C=O) groups excluding carboxylic acids is 1. The van der Waals surface area contributed by atoms with Crippen molar-refractivity contribution in [3.05, 3.63) is 64.3 Å². The second kappa shape index (κ2) is 8.41. The van der Waals surface area contributed by atoms with Gasteiger partial charge in [-0.3, -0.25) is 9.69 Å². The molecule has 1 amide bonds. The van der Waals surface area contributed by atoms with Crippen molar-refractivity contribution >= 4 is 40.3 Å². The van der Waals surface area contributed by atoms with E-state index in [1.54, 1.807) is 17.0 Å². The highest BCUT2D eigenvalue weighted by molar-refractivity contribution is 8.18. The van der Waals surface area contributed by atoms with Crippen molar-refractivity contribution in [1.29, 1.82) is 0 Å². The number of likely N-dealkylation sites (N-methyl/N-ethyl adjacent to an activating group) is 1. The van der Waals surface area contributed by atoms with Crippen molar-refractivity contribution in [3.8, 4) is 0 Å². The van der Waals surface area contributed by atoms with E-state index >= 15 is 0 Å². The van der Waals surface area contributed by atoms with Crippen LogP contribution in [0, 0.1) is 12.7 Å². The maximum atomic E-state index is 13.1. The molecule has 0 unspecified atom stereocenters. The number of hydrogen-bond acceptors (Lipinski definition) is 4. The summed E-state index contributed by atoms with van der Waals surface area (Å²) in [5, 5.41) is 0.626. The molecule has 0 aliphatic carbocycles. The lowest BCUT2D eigenvalue weighted by atomic mass is 10.1. The number of benzene rings is 2. The van der Waals surface area contributed by atoms with E-state index in [4.69, 9.17) is 0 Å². The van der Waals surface area contributed by atoms with Gasteiger partial charge in [-0.2, -0.15) is 0 Å². The van der Waals surface area contributed by atoms with E-state index in [1.807, 2.05) is 13.0 Å². The molecule has 0 radical (unpaired) electrons. The van der Waals surface area contributed by atoms with E-state index in [0.29, 0.717) is 22.3 Å². The van der Waals surface area contributed by atoms with E-state index in [9.17, 15) is 9.18 Å². The minimum absolute atomic E-state index is 0.0420. The van der Waals surface area contributed by atoms with Gasteiger partial charge in [0.25, 0.3) is 5.91 Å². The molecular weight excluding hydrogens is 385 g/mol. The van der Waals surface area contributed by atoms with E-state index in [0.717, 1.165) is 18.7 Å². The summed E-state index contributed by atoms with van der Waals surface area (Å²) < 4.78 is 13.1. The minimum Gasteiger partial charge on any atom is -0.371 e. The highest BCUT2D eigenvalue weighted by Gasteiger charge is 2.32. The topological polar surface area (TPSA) is 35.9 Å². The van der Waals surface area contributed by atoms with Crippen LogP contribution in [0.2, 0.25) is 0 Å². The van der Waals surface area contributed by atoms with Crippen molar-refractivity contribution in [1.82, 2.24) is 4.90 Å². The van der Waals surface area contributed by atoms with Crippen LogP contribution in [0.3, 0.4) is 0 Å². The average molecular weight is 410 g/mol. The molecule has 0 bridgehead atoms. The molecular formula is C23H24FN3OS. The third kappa shape index (κ3) is 4.22. The molecule has 2 saturated heterocycles. The monoisotopic (exact) mass is 409 g/mol. The van der Waals surface area contributed by atoms with Crippen LogP contribution in [0.1, 0.15) is 30.9 Å². The van der Waals surface area contributed by atoms with Crippen LogP contribution in [-0.2, 0) is 4.79 Å². The smallest absolute Gasteiger partial charge is 0.266 e. The minimum atomic E-state index is -0.301. The van der Waals surface area contributed by atoms with Crippen molar-refractivity contribution in [2.75, 3.05) is 24.5 Å². The Hall–Kier alpha value is -2.60. The SMILES string of the molecule is CCN1C(=O)/C(=C\c2ccc(N3CCCC3)c(C)c2)SC1=Nc1ccc(F)cc1. The van der Waals surface area contributed by atoms with Crippen molar-refractivity contribution in [2.24, 2.45) is 4.99 Å². The zero-order chi connectivity index (χ0) is 20.4. The molecule has 29 heavy (non-hydrogen) atoms. The Bertz CT molecular complexity index is 978. The van der Waals surface area contributed by atoms with Crippen LogP contribution in [-0.4, -0.2) is 35.6 Å². The fourth-order valence-corrected chi connectivity index (χ4v) is 4.79. The Labute approximate surface area is 175 Å². The van der Waals surface area contributed by atoms with Crippen molar-refractivity contribution in [2.45, 2.75) is 26.7 Å². The zero-order valence-corrected chi connectivity index (χ0v) is 17.5. The molecule has 2 aliphatic heterocycles. The van der Waals surface area contributed by atoms with Gasteiger partial charge in [0.2, 0.25) is 0 Å². The van der Waals surface area contributed by atoms with Crippen molar-refractivity contribution < 1.29 is 9.18 Å². The Balaban J connectivity index is 1.59. The van der Waals surface area contributed by atoms with Gasteiger partial charge in [-0.05, 0) is 92.1 Å². The maximum absolute atomic E-state index is 13.1. The highest BCUT2D eigenvalue weighted by Crippen LogP contribution is 2.34. The average Bonchev–Trinajstić information content (AvgIpc) is 3.33. The van der Waals surface area contributed by atoms with Gasteiger partial charge in [0.1, 0.15) is 5.82 Å². The molecule has 4 rings (SSSR count). The standard InChI is InChI=1S/C23H24FN3OS/c1-3-27-22(28)21(29-23(27)25-19-9-7-18(24)8-10-19)15-17-6-11-20(16(2)14-17)26-12-4-5-13-26/h6-11,14-15H,3-5,12-13H2,1-2H3/b21-15+,25-23?. The van der Waals surface area contributed by atoms with Gasteiger partial charge in [-0.15, -0.1) is 0 Å². The summed E-state index contributed by atoms with van der Waals surface area (Å²) >= 11 is 1.36. The number of halogens is 1. The third-order valence-corrected chi connectivity index (χ3v) is 6.23. The number of rotatable bonds is 4. The van der Waals surface area contributed by atoms with Crippen molar-refractivity contribution in [3.63, 3.8) is 0 Å². The molecule has 2 heterocycles. The van der Waals surface area contributed by atoms with Gasteiger partial charge < -0.3 is 4.90 Å². The first-order valence-electron chi connectivity index (χ1n) is 9.96. The Kier molecular flexibility index (Phi) is 5.72. The summed E-state index contributed by atoms with van der Waals surface area (Å²) in [6, 6.07) is 12.3. The number of amides is 1. The number of anilines is 1. The molecule has 2 aromatic rings.